The molecule has 0 aliphatic carbocycles. The van der Waals surface area contributed by atoms with Gasteiger partial charge in [-0.1, -0.05) is 36.4 Å². The fourth-order valence-electron chi connectivity index (χ4n) is 4.36. The summed E-state index contributed by atoms with van der Waals surface area (Å²) in [4.78, 5) is 40.5. The topological polar surface area (TPSA) is 106 Å². The van der Waals surface area contributed by atoms with Crippen LogP contribution in [0.4, 0.5) is 5.69 Å². The molecule has 1 N–H and O–H groups in total. The van der Waals surface area contributed by atoms with Gasteiger partial charge in [-0.15, -0.1) is 0 Å². The van der Waals surface area contributed by atoms with Crippen LogP contribution >= 0.6 is 0 Å². The maximum Gasteiger partial charge on any atom is 0.337 e. The number of rotatable bonds is 6. The Labute approximate surface area is 206 Å². The molecule has 0 bridgehead atoms. The number of benzene rings is 3. The number of nitrogens with zero attached hydrogens (tertiary/aromatic N) is 1. The molecule has 0 saturated heterocycles. The molecule has 8 nitrogen and oxygen atoms in total. The van der Waals surface area contributed by atoms with Crippen LogP contribution in [0.2, 0.25) is 0 Å². The second-order valence-corrected chi connectivity index (χ2v) is 8.14. The molecule has 1 aromatic heterocycles. The number of methoxy groups -OCH3 is 2. The maximum atomic E-state index is 13.7. The van der Waals surface area contributed by atoms with Gasteiger partial charge in [-0.3, -0.25) is 14.5 Å². The molecule has 5 rings (SSSR count). The van der Waals surface area contributed by atoms with Crippen molar-refractivity contribution in [1.29, 1.82) is 0 Å². The van der Waals surface area contributed by atoms with Gasteiger partial charge in [0, 0.05) is 11.1 Å². The Morgan fingerprint density at radius 1 is 0.944 bits per heavy atom. The van der Waals surface area contributed by atoms with Gasteiger partial charge in [0.25, 0.3) is 5.91 Å². The fraction of sp³-hybridized carbons (Fsp3) is 0.107. The van der Waals surface area contributed by atoms with Crippen LogP contribution in [-0.4, -0.2) is 37.0 Å². The molecule has 3 aromatic carbocycles. The van der Waals surface area contributed by atoms with E-state index in [-0.39, 0.29) is 16.9 Å². The summed E-state index contributed by atoms with van der Waals surface area (Å²) in [5.74, 6) is -2.21. The number of fused-ring (bicyclic) bond motifs is 1. The molecule has 1 atom stereocenters. The average Bonchev–Trinajstić information content (AvgIpc) is 3.47. The summed E-state index contributed by atoms with van der Waals surface area (Å²) in [6.45, 7) is 0. The van der Waals surface area contributed by atoms with Gasteiger partial charge in [-0.05, 0) is 48.0 Å². The van der Waals surface area contributed by atoms with E-state index in [0.29, 0.717) is 28.0 Å². The highest BCUT2D eigenvalue weighted by molar-refractivity contribution is 6.20. The van der Waals surface area contributed by atoms with Gasteiger partial charge < -0.3 is 19.0 Å². The third kappa shape index (κ3) is 3.78. The van der Waals surface area contributed by atoms with E-state index in [1.54, 1.807) is 66.7 Å². The van der Waals surface area contributed by atoms with E-state index in [9.17, 15) is 19.5 Å². The number of hydrogen-bond donors (Lipinski definition) is 1. The van der Waals surface area contributed by atoms with E-state index >= 15 is 0 Å². The molecular formula is C28H21NO7. The normalized spacial score (nSPS) is 15.4. The van der Waals surface area contributed by atoms with Crippen LogP contribution in [0.25, 0.3) is 11.0 Å². The van der Waals surface area contributed by atoms with E-state index in [1.165, 1.54) is 25.2 Å². The predicted molar refractivity (Wildman–Crippen MR) is 131 cm³/mol. The molecule has 4 aromatic rings. The van der Waals surface area contributed by atoms with Gasteiger partial charge in [0.1, 0.15) is 11.3 Å². The number of hydrogen-bond acceptors (Lipinski definition) is 7. The molecule has 2 heterocycles. The number of anilines is 1. The van der Waals surface area contributed by atoms with Crippen molar-refractivity contribution in [3.8, 4) is 5.75 Å². The first kappa shape index (κ1) is 22.9. The summed E-state index contributed by atoms with van der Waals surface area (Å²) in [7, 11) is 2.76. The smallest absolute Gasteiger partial charge is 0.337 e. The number of furan rings is 1. The standard InChI is InChI=1S/C28H21NO7/c1-34-20-11-6-8-17(14-20)24-23(25(30)22-15-16-7-3-4-12-21(16)36-22)26(31)27(32)29(24)19-10-5-9-18(13-19)28(33)35-2/h3-15,24,31H,1-2H3. The third-order valence-electron chi connectivity index (χ3n) is 6.06. The molecule has 1 aliphatic rings. The average molecular weight is 483 g/mol. The molecule has 8 heteroatoms. The summed E-state index contributed by atoms with van der Waals surface area (Å²) in [5.41, 5.74) is 1.40. The van der Waals surface area contributed by atoms with Gasteiger partial charge in [-0.2, -0.15) is 0 Å². The van der Waals surface area contributed by atoms with Gasteiger partial charge in [0.2, 0.25) is 5.78 Å². The number of aliphatic hydroxyl groups excluding tert-OH is 1. The van der Waals surface area contributed by atoms with Gasteiger partial charge in [0.05, 0.1) is 31.4 Å². The lowest BCUT2D eigenvalue weighted by Crippen LogP contribution is -2.31. The van der Waals surface area contributed by atoms with E-state index in [4.69, 9.17) is 13.9 Å². The minimum absolute atomic E-state index is 0.0105. The molecule has 0 saturated carbocycles. The van der Waals surface area contributed by atoms with Gasteiger partial charge in [0.15, 0.2) is 11.5 Å². The van der Waals surface area contributed by atoms with Gasteiger partial charge in [-0.25, -0.2) is 4.79 Å². The largest absolute Gasteiger partial charge is 0.503 e. The lowest BCUT2D eigenvalue weighted by molar-refractivity contribution is -0.117. The van der Waals surface area contributed by atoms with E-state index < -0.39 is 29.5 Å². The number of carbonyl (C=O) groups excluding carboxylic acids is 3. The van der Waals surface area contributed by atoms with Crippen LogP contribution in [0.3, 0.4) is 0 Å². The van der Waals surface area contributed by atoms with Gasteiger partial charge >= 0.3 is 5.97 Å². The molecule has 1 unspecified atom stereocenters. The zero-order valence-electron chi connectivity index (χ0n) is 19.4. The predicted octanol–water partition coefficient (Wildman–Crippen LogP) is 5.01. The first-order chi connectivity index (χ1) is 17.4. The first-order valence-electron chi connectivity index (χ1n) is 11.0. The van der Waals surface area contributed by atoms with E-state index in [1.807, 2.05) is 6.07 Å². The number of ether oxygens (including phenoxy) is 2. The second-order valence-electron chi connectivity index (χ2n) is 8.14. The number of esters is 1. The fourth-order valence-corrected chi connectivity index (χ4v) is 4.36. The van der Waals surface area contributed by atoms with Crippen LogP contribution in [0.15, 0.2) is 94.6 Å². The number of amides is 1. The van der Waals surface area contributed by atoms with Crippen LogP contribution in [0.5, 0.6) is 5.75 Å². The van der Waals surface area contributed by atoms with Crippen molar-refractivity contribution >= 4 is 34.3 Å². The lowest BCUT2D eigenvalue weighted by atomic mass is 9.94. The minimum Gasteiger partial charge on any atom is -0.503 e. The molecule has 36 heavy (non-hydrogen) atoms. The maximum absolute atomic E-state index is 13.7. The van der Waals surface area contributed by atoms with E-state index in [2.05, 4.69) is 0 Å². The summed E-state index contributed by atoms with van der Waals surface area (Å²) in [6, 6.07) is 20.8. The van der Waals surface area contributed by atoms with Crippen molar-refractivity contribution in [2.75, 3.05) is 19.1 Å². The molecule has 1 amide bonds. The Kier molecular flexibility index (Phi) is 5.77. The zero-order chi connectivity index (χ0) is 25.4. The highest BCUT2D eigenvalue weighted by Crippen LogP contribution is 2.43. The van der Waals surface area contributed by atoms with Crippen molar-refractivity contribution in [3.63, 3.8) is 0 Å². The number of para-hydroxylation sites is 1. The Hall–Kier alpha value is -4.85. The number of carbonyl (C=O) groups is 3. The third-order valence-corrected chi connectivity index (χ3v) is 6.06. The van der Waals surface area contributed by atoms with Crippen LogP contribution in [0, 0.1) is 0 Å². The summed E-state index contributed by atoms with van der Waals surface area (Å²) < 4.78 is 15.9. The quantitative estimate of drug-likeness (QED) is 0.303. The van der Waals surface area contributed by atoms with Crippen molar-refractivity contribution in [2.45, 2.75) is 6.04 Å². The molecule has 1 aliphatic heterocycles. The highest BCUT2D eigenvalue weighted by Gasteiger charge is 2.45. The Morgan fingerprint density at radius 2 is 1.72 bits per heavy atom. The second kappa shape index (κ2) is 9.07. The Bertz CT molecular complexity index is 1520. The molecular weight excluding hydrogens is 462 g/mol. The number of ketones is 1. The molecule has 0 radical (unpaired) electrons. The molecule has 180 valence electrons. The van der Waals surface area contributed by atoms with Crippen LogP contribution < -0.4 is 9.64 Å². The Morgan fingerprint density at radius 3 is 2.47 bits per heavy atom. The monoisotopic (exact) mass is 483 g/mol. The first-order valence-corrected chi connectivity index (χ1v) is 11.0. The van der Waals surface area contributed by atoms with Crippen LogP contribution in [-0.2, 0) is 9.53 Å². The summed E-state index contributed by atoms with van der Waals surface area (Å²) >= 11 is 0. The molecule has 0 spiro atoms. The van der Waals surface area contributed by atoms with Crippen molar-refractivity contribution in [1.82, 2.24) is 0 Å². The van der Waals surface area contributed by atoms with Crippen molar-refractivity contribution < 1.29 is 33.4 Å². The van der Waals surface area contributed by atoms with Crippen molar-refractivity contribution in [3.05, 3.63) is 107 Å². The zero-order valence-corrected chi connectivity index (χ0v) is 19.4. The summed E-state index contributed by atoms with van der Waals surface area (Å²) in [5, 5.41) is 11.7. The van der Waals surface area contributed by atoms with E-state index in [0.717, 1.165) is 0 Å². The van der Waals surface area contributed by atoms with Crippen molar-refractivity contribution in [2.24, 2.45) is 0 Å². The highest BCUT2D eigenvalue weighted by atomic mass is 16.5. The lowest BCUT2D eigenvalue weighted by Gasteiger charge is -2.27. The minimum atomic E-state index is -1.01. The number of aliphatic hydroxyl groups is 1. The SMILES string of the molecule is COC(=O)c1cccc(N2C(=O)C(O)=C(C(=O)c3cc4ccccc4o3)C2c2cccc(OC)c2)c1. The Balaban J connectivity index is 1.67. The molecule has 0 fully saturated rings. The van der Waals surface area contributed by atoms with Crippen LogP contribution in [0.1, 0.15) is 32.5 Å². The number of Topliss-reactive ketones (excluding diaryl/α,β-unsaturated/α-hetero) is 1. The summed E-state index contributed by atoms with van der Waals surface area (Å²) in [6.07, 6.45) is 0.